The Morgan fingerprint density at radius 1 is 1.11 bits per heavy atom. The summed E-state index contributed by atoms with van der Waals surface area (Å²) < 4.78 is 25.1. The molecule has 0 N–H and O–H groups in total. The summed E-state index contributed by atoms with van der Waals surface area (Å²) in [6.07, 6.45) is 3.30. The van der Waals surface area contributed by atoms with Gasteiger partial charge in [-0.2, -0.15) is 4.98 Å². The lowest BCUT2D eigenvalue weighted by Crippen LogP contribution is -2.46. The fourth-order valence-electron chi connectivity index (χ4n) is 3.18. The van der Waals surface area contributed by atoms with Crippen molar-refractivity contribution in [2.75, 3.05) is 37.7 Å². The molecule has 3 heterocycles. The molecular weight excluding hydrogens is 361 g/mol. The maximum atomic E-state index is 13.9. The van der Waals surface area contributed by atoms with Gasteiger partial charge in [-0.05, 0) is 19.1 Å². The number of nitrogens with zero attached hydrogens (tertiary/aromatic N) is 5. The quantitative estimate of drug-likeness (QED) is 0.648. The summed E-state index contributed by atoms with van der Waals surface area (Å²) in [5.74, 6) is 2.00. The first kappa shape index (κ1) is 18.4. The van der Waals surface area contributed by atoms with E-state index < -0.39 is 0 Å². The summed E-state index contributed by atoms with van der Waals surface area (Å²) in [6, 6.07) is 8.30. The van der Waals surface area contributed by atoms with E-state index in [1.807, 2.05) is 6.92 Å². The van der Waals surface area contributed by atoms with Gasteiger partial charge in [-0.15, -0.1) is 0 Å². The van der Waals surface area contributed by atoms with E-state index in [0.29, 0.717) is 42.2 Å². The van der Waals surface area contributed by atoms with Crippen molar-refractivity contribution in [3.05, 3.63) is 54.4 Å². The number of hydrogen-bond donors (Lipinski definition) is 0. The molecule has 0 spiro atoms. The van der Waals surface area contributed by atoms with Gasteiger partial charge in [-0.25, -0.2) is 14.4 Å². The lowest BCUT2D eigenvalue weighted by atomic mass is 10.2. The third-order valence-corrected chi connectivity index (χ3v) is 4.62. The predicted octanol–water partition coefficient (Wildman–Crippen LogP) is 2.99. The monoisotopic (exact) mass is 383 g/mol. The zero-order chi connectivity index (χ0) is 19.3. The van der Waals surface area contributed by atoms with Gasteiger partial charge in [0.1, 0.15) is 5.82 Å². The Morgan fingerprint density at radius 3 is 2.71 bits per heavy atom. The SMILES string of the molecule is CCOc1ccnc(N2CCN(Cc3ncc(-c4ccccc4F)o3)CC2)n1. The zero-order valence-electron chi connectivity index (χ0n) is 15.7. The second kappa shape index (κ2) is 8.35. The second-order valence-corrected chi connectivity index (χ2v) is 6.49. The molecule has 146 valence electrons. The van der Waals surface area contributed by atoms with Crippen LogP contribution in [-0.2, 0) is 6.54 Å². The van der Waals surface area contributed by atoms with Crippen LogP contribution in [0.4, 0.5) is 10.3 Å². The third kappa shape index (κ3) is 4.12. The van der Waals surface area contributed by atoms with Crippen LogP contribution in [0.25, 0.3) is 11.3 Å². The fourth-order valence-corrected chi connectivity index (χ4v) is 3.18. The van der Waals surface area contributed by atoms with E-state index in [1.165, 1.54) is 6.07 Å². The van der Waals surface area contributed by atoms with E-state index in [9.17, 15) is 4.39 Å². The molecule has 7 nitrogen and oxygen atoms in total. The Bertz CT molecular complexity index is 924. The number of hydrogen-bond acceptors (Lipinski definition) is 7. The van der Waals surface area contributed by atoms with Crippen LogP contribution < -0.4 is 9.64 Å². The minimum absolute atomic E-state index is 0.312. The molecule has 0 amide bonds. The molecular formula is C20H22FN5O2. The van der Waals surface area contributed by atoms with Gasteiger partial charge in [0.2, 0.25) is 17.7 Å². The smallest absolute Gasteiger partial charge is 0.228 e. The number of oxazole rings is 1. The normalized spacial score (nSPS) is 15.0. The number of halogens is 1. The maximum absolute atomic E-state index is 13.9. The van der Waals surface area contributed by atoms with Gasteiger partial charge in [-0.1, -0.05) is 12.1 Å². The van der Waals surface area contributed by atoms with E-state index in [4.69, 9.17) is 9.15 Å². The summed E-state index contributed by atoms with van der Waals surface area (Å²) in [5.41, 5.74) is 0.428. The van der Waals surface area contributed by atoms with Gasteiger partial charge < -0.3 is 14.1 Å². The van der Waals surface area contributed by atoms with Gasteiger partial charge in [0.05, 0.1) is 24.9 Å². The zero-order valence-corrected chi connectivity index (χ0v) is 15.7. The van der Waals surface area contributed by atoms with Crippen molar-refractivity contribution >= 4 is 5.95 Å². The molecule has 0 atom stereocenters. The molecule has 3 aromatic rings. The van der Waals surface area contributed by atoms with Crippen LogP contribution in [0.2, 0.25) is 0 Å². The Kier molecular flexibility index (Phi) is 5.48. The van der Waals surface area contributed by atoms with Crippen molar-refractivity contribution in [2.24, 2.45) is 0 Å². The molecule has 2 aromatic heterocycles. The topological polar surface area (TPSA) is 67.5 Å². The summed E-state index contributed by atoms with van der Waals surface area (Å²) in [4.78, 5) is 17.5. The van der Waals surface area contributed by atoms with Gasteiger partial charge in [0.25, 0.3) is 0 Å². The van der Waals surface area contributed by atoms with Crippen molar-refractivity contribution in [1.82, 2.24) is 19.9 Å². The van der Waals surface area contributed by atoms with Crippen LogP contribution >= 0.6 is 0 Å². The van der Waals surface area contributed by atoms with Crippen LogP contribution in [0.15, 0.2) is 47.1 Å². The first-order chi connectivity index (χ1) is 13.7. The lowest BCUT2D eigenvalue weighted by molar-refractivity contribution is 0.226. The molecule has 1 aliphatic heterocycles. The van der Waals surface area contributed by atoms with E-state index in [0.717, 1.165) is 26.2 Å². The second-order valence-electron chi connectivity index (χ2n) is 6.49. The summed E-state index contributed by atoms with van der Waals surface area (Å²) in [6.45, 7) is 6.37. The number of anilines is 1. The third-order valence-electron chi connectivity index (χ3n) is 4.62. The average molecular weight is 383 g/mol. The highest BCUT2D eigenvalue weighted by Crippen LogP contribution is 2.24. The first-order valence-electron chi connectivity index (χ1n) is 9.35. The molecule has 1 aromatic carbocycles. The first-order valence-corrected chi connectivity index (χ1v) is 9.35. The fraction of sp³-hybridized carbons (Fsp3) is 0.350. The van der Waals surface area contributed by atoms with Crippen LogP contribution in [-0.4, -0.2) is 52.6 Å². The molecule has 28 heavy (non-hydrogen) atoms. The molecule has 1 saturated heterocycles. The minimum atomic E-state index is -0.312. The number of rotatable bonds is 6. The van der Waals surface area contributed by atoms with E-state index in [-0.39, 0.29) is 5.82 Å². The van der Waals surface area contributed by atoms with Gasteiger partial charge in [-0.3, -0.25) is 4.90 Å². The molecule has 0 bridgehead atoms. The average Bonchev–Trinajstić information content (AvgIpc) is 3.18. The minimum Gasteiger partial charge on any atom is -0.478 e. The molecule has 0 aliphatic carbocycles. The highest BCUT2D eigenvalue weighted by atomic mass is 19.1. The van der Waals surface area contributed by atoms with Crippen molar-refractivity contribution in [2.45, 2.75) is 13.5 Å². The number of aromatic nitrogens is 3. The van der Waals surface area contributed by atoms with Crippen LogP contribution in [0, 0.1) is 5.82 Å². The Balaban J connectivity index is 1.35. The number of ether oxygens (including phenoxy) is 1. The molecule has 0 saturated carbocycles. The van der Waals surface area contributed by atoms with E-state index >= 15 is 0 Å². The Labute approximate surface area is 162 Å². The lowest BCUT2D eigenvalue weighted by Gasteiger charge is -2.34. The van der Waals surface area contributed by atoms with Crippen molar-refractivity contribution < 1.29 is 13.5 Å². The number of benzene rings is 1. The van der Waals surface area contributed by atoms with Crippen molar-refractivity contribution in [3.63, 3.8) is 0 Å². The number of piperazine rings is 1. The summed E-state index contributed by atoms with van der Waals surface area (Å²) in [7, 11) is 0. The van der Waals surface area contributed by atoms with Gasteiger partial charge >= 0.3 is 0 Å². The van der Waals surface area contributed by atoms with E-state index in [2.05, 4.69) is 24.8 Å². The van der Waals surface area contributed by atoms with Gasteiger partial charge in [0, 0.05) is 38.4 Å². The predicted molar refractivity (Wildman–Crippen MR) is 103 cm³/mol. The Hall–Kier alpha value is -3.00. The molecule has 1 aliphatic rings. The largest absolute Gasteiger partial charge is 0.478 e. The van der Waals surface area contributed by atoms with E-state index in [1.54, 1.807) is 36.7 Å². The van der Waals surface area contributed by atoms with Gasteiger partial charge in [0.15, 0.2) is 5.76 Å². The molecule has 4 rings (SSSR count). The molecule has 0 unspecified atom stereocenters. The maximum Gasteiger partial charge on any atom is 0.228 e. The molecule has 1 fully saturated rings. The van der Waals surface area contributed by atoms with Crippen molar-refractivity contribution in [3.8, 4) is 17.2 Å². The van der Waals surface area contributed by atoms with Crippen LogP contribution in [0.1, 0.15) is 12.8 Å². The van der Waals surface area contributed by atoms with Crippen LogP contribution in [0.5, 0.6) is 5.88 Å². The standard InChI is InChI=1S/C20H22FN5O2/c1-2-27-18-7-8-22-20(24-18)26-11-9-25(10-12-26)14-19-23-13-17(28-19)15-5-3-4-6-16(15)21/h3-8,13H,2,9-12,14H2,1H3. The summed E-state index contributed by atoms with van der Waals surface area (Å²) >= 11 is 0. The molecule has 0 radical (unpaired) electrons. The highest BCUT2D eigenvalue weighted by Gasteiger charge is 2.21. The van der Waals surface area contributed by atoms with Crippen molar-refractivity contribution in [1.29, 1.82) is 0 Å². The Morgan fingerprint density at radius 2 is 1.93 bits per heavy atom. The van der Waals surface area contributed by atoms with Crippen LogP contribution in [0.3, 0.4) is 0 Å². The highest BCUT2D eigenvalue weighted by molar-refractivity contribution is 5.56. The summed E-state index contributed by atoms with van der Waals surface area (Å²) in [5, 5.41) is 0. The molecule has 8 heteroatoms.